The molecule has 0 bridgehead atoms. The third kappa shape index (κ3) is 8.36. The lowest BCUT2D eigenvalue weighted by atomic mass is 10.1. The van der Waals surface area contributed by atoms with Crippen LogP contribution in [0.3, 0.4) is 0 Å². The van der Waals surface area contributed by atoms with Crippen molar-refractivity contribution in [2.75, 3.05) is 4.90 Å². The number of fused-ring (bicyclic) bond motifs is 4. The Morgan fingerprint density at radius 3 is 1.44 bits per heavy atom. The third-order valence-corrected chi connectivity index (χ3v) is 9.94. The van der Waals surface area contributed by atoms with Gasteiger partial charge in [0.2, 0.25) is 0 Å². The minimum absolute atomic E-state index is 0.870. The van der Waals surface area contributed by atoms with Crippen molar-refractivity contribution in [1.29, 1.82) is 0 Å². The molecule has 276 valence electrons. The number of para-hydroxylation sites is 4. The van der Waals surface area contributed by atoms with Gasteiger partial charge in [-0.05, 0) is 99.6 Å². The Morgan fingerprint density at radius 1 is 0.404 bits per heavy atom. The van der Waals surface area contributed by atoms with Crippen molar-refractivity contribution < 1.29 is 0 Å². The number of rotatable bonds is 5. The second-order valence-corrected chi connectivity index (χ2v) is 14.2. The van der Waals surface area contributed by atoms with Gasteiger partial charge in [-0.3, -0.25) is 4.98 Å². The minimum Gasteiger partial charge on any atom is -0.310 e. The van der Waals surface area contributed by atoms with Crippen LogP contribution in [0.15, 0.2) is 212 Å². The summed E-state index contributed by atoms with van der Waals surface area (Å²) in [5, 5.41) is 2.46. The fraction of sp³-hybridized carbons (Fsp3) is 0.0566. The Balaban J connectivity index is 0.000000274. The van der Waals surface area contributed by atoms with Crippen LogP contribution in [0.5, 0.6) is 0 Å². The maximum atomic E-state index is 4.85. The fourth-order valence-corrected chi connectivity index (χ4v) is 7.09. The van der Waals surface area contributed by atoms with Crippen molar-refractivity contribution in [1.82, 2.24) is 14.5 Å². The zero-order valence-corrected chi connectivity index (χ0v) is 32.5. The molecule has 57 heavy (non-hydrogen) atoms. The summed E-state index contributed by atoms with van der Waals surface area (Å²) in [5.74, 6) is 0. The quantitative estimate of drug-likeness (QED) is 0.176. The van der Waals surface area contributed by atoms with E-state index in [-0.39, 0.29) is 0 Å². The van der Waals surface area contributed by atoms with Crippen LogP contribution in [-0.2, 0) is 0 Å². The van der Waals surface area contributed by atoms with E-state index in [1.165, 1.54) is 38.5 Å². The number of aromatic nitrogens is 3. The van der Waals surface area contributed by atoms with Gasteiger partial charge in [-0.1, -0.05) is 144 Å². The third-order valence-electron chi connectivity index (χ3n) is 9.94. The standard InChI is InChI=1S/C39H28N4.2C7H8/c1-27-16-22-38-33(24-27)34-25-32(42(29-10-4-2-5-11-29)30-12-6-3-7-13-30)21-23-39(34)43(38)31-19-17-28(18-20-31)37-26-40-35-14-8-9-15-36(35)41-37;2*1-7-5-3-2-4-6-7/h2-26H,1H3;2*2-6H,1H3. The molecular weight excluding hydrogens is 693 g/mol. The number of aryl methyl sites for hydroxylation is 3. The Kier molecular flexibility index (Phi) is 10.9. The molecule has 0 aliphatic carbocycles. The van der Waals surface area contributed by atoms with Gasteiger partial charge in [0, 0.05) is 39.1 Å². The lowest BCUT2D eigenvalue weighted by Gasteiger charge is -2.25. The molecule has 0 atom stereocenters. The second kappa shape index (κ2) is 17.0. The van der Waals surface area contributed by atoms with Crippen LogP contribution >= 0.6 is 0 Å². The highest BCUT2D eigenvalue weighted by atomic mass is 15.1. The highest BCUT2D eigenvalue weighted by molar-refractivity contribution is 6.11. The van der Waals surface area contributed by atoms with Crippen LogP contribution in [-0.4, -0.2) is 14.5 Å². The predicted molar refractivity (Wildman–Crippen MR) is 241 cm³/mol. The maximum absolute atomic E-state index is 4.85. The summed E-state index contributed by atoms with van der Waals surface area (Å²) < 4.78 is 2.36. The molecule has 0 radical (unpaired) electrons. The Hall–Kier alpha value is -7.30. The van der Waals surface area contributed by atoms with Crippen molar-refractivity contribution in [3.05, 3.63) is 229 Å². The van der Waals surface area contributed by atoms with E-state index in [4.69, 9.17) is 4.98 Å². The van der Waals surface area contributed by atoms with E-state index in [1.807, 2.05) is 66.9 Å². The molecule has 0 saturated heterocycles. The number of hydrogen-bond acceptors (Lipinski definition) is 3. The van der Waals surface area contributed by atoms with Gasteiger partial charge in [0.1, 0.15) is 0 Å². The van der Waals surface area contributed by atoms with Crippen molar-refractivity contribution in [3.63, 3.8) is 0 Å². The largest absolute Gasteiger partial charge is 0.310 e. The van der Waals surface area contributed by atoms with Gasteiger partial charge < -0.3 is 9.47 Å². The molecule has 0 amide bonds. The van der Waals surface area contributed by atoms with Crippen LogP contribution in [0, 0.1) is 20.8 Å². The molecule has 0 saturated carbocycles. The second-order valence-electron chi connectivity index (χ2n) is 14.2. The molecule has 10 rings (SSSR count). The van der Waals surface area contributed by atoms with Crippen LogP contribution in [0.1, 0.15) is 16.7 Å². The first kappa shape index (κ1) is 36.7. The smallest absolute Gasteiger partial charge is 0.0894 e. The monoisotopic (exact) mass is 736 g/mol. The maximum Gasteiger partial charge on any atom is 0.0894 e. The molecule has 8 aromatic carbocycles. The summed E-state index contributed by atoms with van der Waals surface area (Å²) in [6.45, 7) is 6.33. The average Bonchev–Trinajstić information content (AvgIpc) is 3.58. The summed E-state index contributed by atoms with van der Waals surface area (Å²) in [6, 6.07) is 71.8. The lowest BCUT2D eigenvalue weighted by molar-refractivity contribution is 1.18. The Bertz CT molecular complexity index is 2770. The van der Waals surface area contributed by atoms with Gasteiger partial charge in [-0.15, -0.1) is 0 Å². The first-order valence-electron chi connectivity index (χ1n) is 19.3. The zero-order chi connectivity index (χ0) is 39.0. The molecule has 2 aromatic heterocycles. The molecule has 4 heteroatoms. The molecule has 0 spiro atoms. The highest BCUT2D eigenvalue weighted by Gasteiger charge is 2.17. The van der Waals surface area contributed by atoms with E-state index in [2.05, 4.69) is 181 Å². The first-order valence-corrected chi connectivity index (χ1v) is 19.3. The van der Waals surface area contributed by atoms with Gasteiger partial charge in [0.25, 0.3) is 0 Å². The summed E-state index contributed by atoms with van der Waals surface area (Å²) in [6.07, 6.45) is 1.85. The van der Waals surface area contributed by atoms with Crippen LogP contribution in [0.2, 0.25) is 0 Å². The molecular formula is C53H44N4. The van der Waals surface area contributed by atoms with Crippen molar-refractivity contribution in [2.45, 2.75) is 20.8 Å². The average molecular weight is 737 g/mol. The van der Waals surface area contributed by atoms with Gasteiger partial charge in [0.15, 0.2) is 0 Å². The number of anilines is 3. The van der Waals surface area contributed by atoms with Gasteiger partial charge >= 0.3 is 0 Å². The van der Waals surface area contributed by atoms with Crippen LogP contribution in [0.25, 0.3) is 49.8 Å². The number of hydrogen-bond donors (Lipinski definition) is 0. The van der Waals surface area contributed by atoms with E-state index in [1.54, 1.807) is 0 Å². The zero-order valence-electron chi connectivity index (χ0n) is 32.5. The summed E-state index contributed by atoms with van der Waals surface area (Å²) in [4.78, 5) is 11.8. The SMILES string of the molecule is Cc1ccc2c(c1)c1cc(N(c3ccccc3)c3ccccc3)ccc1n2-c1ccc(-c2cnc3ccccc3n2)cc1.Cc1ccccc1.Cc1ccccc1. The summed E-state index contributed by atoms with van der Waals surface area (Å²) in [7, 11) is 0. The minimum atomic E-state index is 0.870. The van der Waals surface area contributed by atoms with E-state index >= 15 is 0 Å². The highest BCUT2D eigenvalue weighted by Crippen LogP contribution is 2.40. The molecule has 2 heterocycles. The lowest BCUT2D eigenvalue weighted by Crippen LogP contribution is -2.09. The van der Waals surface area contributed by atoms with Gasteiger partial charge in [-0.25, -0.2) is 4.98 Å². The number of nitrogens with zero attached hydrogens (tertiary/aromatic N) is 4. The molecule has 0 fully saturated rings. The predicted octanol–water partition coefficient (Wildman–Crippen LogP) is 14.2. The van der Waals surface area contributed by atoms with E-state index < -0.39 is 0 Å². The number of benzene rings is 8. The molecule has 10 aromatic rings. The first-order chi connectivity index (χ1) is 28.0. The summed E-state index contributed by atoms with van der Waals surface area (Å²) >= 11 is 0. The van der Waals surface area contributed by atoms with Crippen molar-refractivity contribution >= 4 is 49.9 Å². The van der Waals surface area contributed by atoms with Gasteiger partial charge in [-0.2, -0.15) is 0 Å². The van der Waals surface area contributed by atoms with Crippen molar-refractivity contribution in [3.8, 4) is 16.9 Å². The Labute approximate surface area is 335 Å². The van der Waals surface area contributed by atoms with E-state index in [0.29, 0.717) is 0 Å². The Morgan fingerprint density at radius 2 is 0.895 bits per heavy atom. The fourth-order valence-electron chi connectivity index (χ4n) is 7.09. The van der Waals surface area contributed by atoms with E-state index in [9.17, 15) is 0 Å². The molecule has 0 N–H and O–H groups in total. The topological polar surface area (TPSA) is 34.0 Å². The molecule has 4 nitrogen and oxygen atoms in total. The molecule has 0 aliphatic heterocycles. The van der Waals surface area contributed by atoms with E-state index in [0.717, 1.165) is 45.0 Å². The molecule has 0 unspecified atom stereocenters. The van der Waals surface area contributed by atoms with Gasteiger partial charge in [0.05, 0.1) is 34.0 Å². The summed E-state index contributed by atoms with van der Waals surface area (Å²) in [5.41, 5.74) is 14.4. The molecule has 0 aliphatic rings. The van der Waals surface area contributed by atoms with Crippen molar-refractivity contribution in [2.24, 2.45) is 0 Å². The normalized spacial score (nSPS) is 10.7. The van der Waals surface area contributed by atoms with Crippen LogP contribution < -0.4 is 4.90 Å². The van der Waals surface area contributed by atoms with Crippen LogP contribution in [0.4, 0.5) is 17.1 Å².